The number of hydrazine groups is 1. The number of nitrogens with two attached hydrogens (primary N) is 1. The van der Waals surface area contributed by atoms with E-state index < -0.39 is 0 Å². The summed E-state index contributed by atoms with van der Waals surface area (Å²) >= 11 is 0. The minimum absolute atomic E-state index is 0.576. The zero-order valence-electron chi connectivity index (χ0n) is 8.98. The predicted molar refractivity (Wildman–Crippen MR) is 68.0 cm³/mol. The lowest BCUT2D eigenvalue weighted by atomic mass is 10.2. The van der Waals surface area contributed by atoms with E-state index in [9.17, 15) is 0 Å². The smallest absolute Gasteiger partial charge is 0.0540 e. The zero-order chi connectivity index (χ0) is 11.2. The molecule has 0 aliphatic carbocycles. The second-order valence-corrected chi connectivity index (χ2v) is 3.52. The molecule has 0 heterocycles. The quantitative estimate of drug-likeness (QED) is 0.684. The van der Waals surface area contributed by atoms with Crippen molar-refractivity contribution in [1.29, 1.82) is 0 Å². The van der Waals surface area contributed by atoms with Crippen LogP contribution >= 0.6 is 0 Å². The number of rotatable bonds is 4. The summed E-state index contributed by atoms with van der Waals surface area (Å²) in [5, 5.41) is 0. The fourth-order valence-corrected chi connectivity index (χ4v) is 1.39. The predicted octanol–water partition coefficient (Wildman–Crippen LogP) is 2.58. The maximum Gasteiger partial charge on any atom is 0.0540 e. The van der Waals surface area contributed by atoms with Gasteiger partial charge in [-0.1, -0.05) is 30.3 Å². The Morgan fingerprint density at radius 2 is 1.31 bits per heavy atom. The Bertz CT molecular complexity index is 423. The molecule has 4 N–H and O–H groups in total. The third-order valence-corrected chi connectivity index (χ3v) is 2.31. The lowest BCUT2D eigenvalue weighted by molar-refractivity contribution is 1.07. The Balaban J connectivity index is 1.94. The van der Waals surface area contributed by atoms with Gasteiger partial charge in [0, 0.05) is 6.54 Å². The van der Waals surface area contributed by atoms with Crippen LogP contribution in [-0.4, -0.2) is 0 Å². The van der Waals surface area contributed by atoms with Crippen molar-refractivity contribution in [3.05, 3.63) is 60.2 Å². The molecular formula is C13H15N3. The van der Waals surface area contributed by atoms with E-state index in [1.807, 2.05) is 54.6 Å². The van der Waals surface area contributed by atoms with Gasteiger partial charge in [-0.15, -0.1) is 0 Å². The summed E-state index contributed by atoms with van der Waals surface area (Å²) < 4.78 is 0. The molecule has 2 aromatic rings. The van der Waals surface area contributed by atoms with E-state index >= 15 is 0 Å². The molecule has 0 fully saturated rings. The molecule has 0 atom stereocenters. The van der Waals surface area contributed by atoms with E-state index in [0.717, 1.165) is 16.9 Å². The molecule has 0 saturated heterocycles. The number of hydrogen-bond acceptors (Lipinski definition) is 3. The van der Waals surface area contributed by atoms with Crippen molar-refractivity contribution in [2.75, 3.05) is 10.9 Å². The summed E-state index contributed by atoms with van der Waals surface area (Å²) in [4.78, 5) is 0. The molecule has 3 nitrogen and oxygen atoms in total. The molecule has 2 rings (SSSR count). The molecule has 0 saturated carbocycles. The molecule has 0 unspecified atom stereocenters. The van der Waals surface area contributed by atoms with Gasteiger partial charge in [-0.3, -0.25) is 0 Å². The lowest BCUT2D eigenvalue weighted by Crippen LogP contribution is -2.08. The summed E-state index contributed by atoms with van der Waals surface area (Å²) in [5.74, 6) is 0. The average Bonchev–Trinajstić information content (AvgIpc) is 2.38. The minimum Gasteiger partial charge on any atom is -0.326 e. The number of anilines is 2. The van der Waals surface area contributed by atoms with Gasteiger partial charge in [0.1, 0.15) is 0 Å². The SMILES string of the molecule is NCc1ccc(NNc2ccccc2)cc1. The number of benzene rings is 2. The highest BCUT2D eigenvalue weighted by molar-refractivity contribution is 5.52. The van der Waals surface area contributed by atoms with Crippen LogP contribution in [0.4, 0.5) is 11.4 Å². The Hall–Kier alpha value is -2.00. The maximum absolute atomic E-state index is 5.53. The molecule has 0 spiro atoms. The Morgan fingerprint density at radius 1 is 0.750 bits per heavy atom. The molecule has 16 heavy (non-hydrogen) atoms. The van der Waals surface area contributed by atoms with Gasteiger partial charge in [-0.25, -0.2) is 0 Å². The van der Waals surface area contributed by atoms with E-state index in [4.69, 9.17) is 5.73 Å². The largest absolute Gasteiger partial charge is 0.326 e. The van der Waals surface area contributed by atoms with Gasteiger partial charge in [0.2, 0.25) is 0 Å². The van der Waals surface area contributed by atoms with Crippen molar-refractivity contribution in [3.63, 3.8) is 0 Å². The summed E-state index contributed by atoms with van der Waals surface area (Å²) in [6, 6.07) is 18.0. The Labute approximate surface area is 95.3 Å². The average molecular weight is 213 g/mol. The number of nitrogens with one attached hydrogen (secondary N) is 2. The minimum atomic E-state index is 0.576. The highest BCUT2D eigenvalue weighted by Crippen LogP contribution is 2.10. The second kappa shape index (κ2) is 5.19. The van der Waals surface area contributed by atoms with Crippen molar-refractivity contribution in [1.82, 2.24) is 0 Å². The molecule has 2 aromatic carbocycles. The number of para-hydroxylation sites is 1. The molecule has 0 amide bonds. The topological polar surface area (TPSA) is 50.1 Å². The second-order valence-electron chi connectivity index (χ2n) is 3.52. The monoisotopic (exact) mass is 213 g/mol. The summed E-state index contributed by atoms with van der Waals surface area (Å²) in [5.41, 5.74) is 14.9. The Morgan fingerprint density at radius 3 is 1.88 bits per heavy atom. The van der Waals surface area contributed by atoms with E-state index in [1.165, 1.54) is 0 Å². The molecule has 3 heteroatoms. The highest BCUT2D eigenvalue weighted by atomic mass is 15.4. The zero-order valence-corrected chi connectivity index (χ0v) is 8.98. The first-order valence-electron chi connectivity index (χ1n) is 5.24. The van der Waals surface area contributed by atoms with Crippen molar-refractivity contribution in [2.45, 2.75) is 6.54 Å². The van der Waals surface area contributed by atoms with Gasteiger partial charge < -0.3 is 16.6 Å². The van der Waals surface area contributed by atoms with Crippen LogP contribution in [0.15, 0.2) is 54.6 Å². The van der Waals surface area contributed by atoms with Crippen LogP contribution in [0.25, 0.3) is 0 Å². The number of hydrogen-bond donors (Lipinski definition) is 3. The van der Waals surface area contributed by atoms with Crippen LogP contribution in [0.2, 0.25) is 0 Å². The fraction of sp³-hybridized carbons (Fsp3) is 0.0769. The van der Waals surface area contributed by atoms with Gasteiger partial charge >= 0.3 is 0 Å². The highest BCUT2D eigenvalue weighted by Gasteiger charge is 1.92. The molecular weight excluding hydrogens is 198 g/mol. The first kappa shape index (κ1) is 10.5. The molecule has 0 aliphatic heterocycles. The molecule has 0 radical (unpaired) electrons. The van der Waals surface area contributed by atoms with Crippen molar-refractivity contribution >= 4 is 11.4 Å². The van der Waals surface area contributed by atoms with Gasteiger partial charge in [-0.2, -0.15) is 0 Å². The van der Waals surface area contributed by atoms with Gasteiger partial charge in [0.25, 0.3) is 0 Å². The molecule has 82 valence electrons. The van der Waals surface area contributed by atoms with Gasteiger partial charge in [0.15, 0.2) is 0 Å². The summed E-state index contributed by atoms with van der Waals surface area (Å²) in [6.07, 6.45) is 0. The van der Waals surface area contributed by atoms with E-state index in [1.54, 1.807) is 0 Å². The van der Waals surface area contributed by atoms with Crippen LogP contribution in [-0.2, 0) is 6.54 Å². The van der Waals surface area contributed by atoms with Crippen LogP contribution in [0.3, 0.4) is 0 Å². The lowest BCUT2D eigenvalue weighted by Gasteiger charge is -2.09. The normalized spacial score (nSPS) is 9.81. The van der Waals surface area contributed by atoms with Crippen molar-refractivity contribution in [3.8, 4) is 0 Å². The molecule has 0 aromatic heterocycles. The van der Waals surface area contributed by atoms with Crippen LogP contribution in [0, 0.1) is 0 Å². The summed E-state index contributed by atoms with van der Waals surface area (Å²) in [7, 11) is 0. The molecule has 0 aliphatic rings. The van der Waals surface area contributed by atoms with E-state index in [0.29, 0.717) is 6.54 Å². The van der Waals surface area contributed by atoms with Gasteiger partial charge in [-0.05, 0) is 29.8 Å². The fourth-order valence-electron chi connectivity index (χ4n) is 1.39. The van der Waals surface area contributed by atoms with Crippen LogP contribution in [0.5, 0.6) is 0 Å². The van der Waals surface area contributed by atoms with Crippen molar-refractivity contribution < 1.29 is 0 Å². The first-order chi connectivity index (χ1) is 7.88. The van der Waals surface area contributed by atoms with E-state index in [-0.39, 0.29) is 0 Å². The van der Waals surface area contributed by atoms with E-state index in [2.05, 4.69) is 10.9 Å². The third-order valence-electron chi connectivity index (χ3n) is 2.31. The maximum atomic E-state index is 5.53. The van der Waals surface area contributed by atoms with Crippen LogP contribution in [0.1, 0.15) is 5.56 Å². The standard InChI is InChI=1S/C13H15N3/c14-10-11-6-8-13(9-7-11)16-15-12-4-2-1-3-5-12/h1-9,15-16H,10,14H2. The summed E-state index contributed by atoms with van der Waals surface area (Å²) in [6.45, 7) is 0.576. The van der Waals surface area contributed by atoms with Crippen LogP contribution < -0.4 is 16.6 Å². The van der Waals surface area contributed by atoms with Crippen molar-refractivity contribution in [2.24, 2.45) is 5.73 Å². The third kappa shape index (κ3) is 2.74. The Kier molecular flexibility index (Phi) is 3.41. The first-order valence-corrected chi connectivity index (χ1v) is 5.24. The van der Waals surface area contributed by atoms with Gasteiger partial charge in [0.05, 0.1) is 11.4 Å². The molecule has 0 bridgehead atoms.